The molecule has 0 saturated carbocycles. The Morgan fingerprint density at radius 2 is 1.44 bits per heavy atom. The van der Waals surface area contributed by atoms with E-state index in [0.717, 1.165) is 6.42 Å². The summed E-state index contributed by atoms with van der Waals surface area (Å²) >= 11 is 4.93. The van der Waals surface area contributed by atoms with Crippen LogP contribution in [0.4, 0.5) is 0 Å². The number of aliphatic hydroxyl groups is 2. The lowest BCUT2D eigenvalue weighted by Crippen LogP contribution is -2.25. The molecule has 0 rings (SSSR count). The fourth-order valence-electron chi connectivity index (χ4n) is 2.82. The Labute approximate surface area is 160 Å². The number of thiocarbonyl (C=S) groups is 1. The van der Waals surface area contributed by atoms with Crippen LogP contribution in [-0.2, 0) is 4.74 Å². The van der Waals surface area contributed by atoms with E-state index in [4.69, 9.17) is 17.0 Å². The molecule has 0 aliphatic heterocycles. The van der Waals surface area contributed by atoms with Crippen molar-refractivity contribution in [2.45, 2.75) is 109 Å². The largest absolute Gasteiger partial charge is 0.490 e. The van der Waals surface area contributed by atoms with Crippen molar-refractivity contribution >= 4 is 17.3 Å². The second kappa shape index (κ2) is 18.3. The lowest BCUT2D eigenvalue weighted by Gasteiger charge is -2.16. The zero-order valence-corrected chi connectivity index (χ0v) is 17.2. The van der Waals surface area contributed by atoms with Gasteiger partial charge in [0.1, 0.15) is 0 Å². The topological polar surface area (TPSA) is 49.7 Å². The van der Waals surface area contributed by atoms with Crippen LogP contribution in [0.15, 0.2) is 12.2 Å². The molecule has 0 heterocycles. The molecular formula is C21H40O3S. The highest BCUT2D eigenvalue weighted by Crippen LogP contribution is 2.12. The first-order chi connectivity index (χ1) is 12.1. The summed E-state index contributed by atoms with van der Waals surface area (Å²) in [6.45, 7) is 2.26. The standard InChI is InChI=1S/C21H40O3S/c1-3-4-5-6-7-8-9-10-11-12-13-14-15-16-19(22)20(23)17-18-21(25)24-2/h14-15,19-20,22-23H,3-13,16-18H2,1-2H3. The molecule has 25 heavy (non-hydrogen) atoms. The van der Waals surface area contributed by atoms with E-state index < -0.39 is 12.2 Å². The molecule has 2 unspecified atom stereocenters. The predicted octanol–water partition coefficient (Wildman–Crippen LogP) is 5.72. The van der Waals surface area contributed by atoms with Crippen molar-refractivity contribution in [1.82, 2.24) is 0 Å². The molecule has 0 aromatic heterocycles. The first-order valence-corrected chi connectivity index (χ1v) is 10.6. The predicted molar refractivity (Wildman–Crippen MR) is 111 cm³/mol. The van der Waals surface area contributed by atoms with E-state index in [1.807, 2.05) is 6.08 Å². The van der Waals surface area contributed by atoms with Crippen molar-refractivity contribution in [2.24, 2.45) is 0 Å². The van der Waals surface area contributed by atoms with E-state index in [1.165, 1.54) is 71.3 Å². The summed E-state index contributed by atoms with van der Waals surface area (Å²) < 4.78 is 4.89. The van der Waals surface area contributed by atoms with E-state index in [2.05, 4.69) is 13.0 Å². The Morgan fingerprint density at radius 1 is 0.880 bits per heavy atom. The van der Waals surface area contributed by atoms with Crippen molar-refractivity contribution < 1.29 is 14.9 Å². The van der Waals surface area contributed by atoms with Crippen LogP contribution in [0.3, 0.4) is 0 Å². The lowest BCUT2D eigenvalue weighted by atomic mass is 10.0. The molecule has 3 nitrogen and oxygen atoms in total. The lowest BCUT2D eigenvalue weighted by molar-refractivity contribution is 0.0175. The van der Waals surface area contributed by atoms with Crippen LogP contribution < -0.4 is 0 Å². The van der Waals surface area contributed by atoms with Gasteiger partial charge in [0, 0.05) is 6.42 Å². The van der Waals surface area contributed by atoms with Crippen LogP contribution in [-0.4, -0.2) is 34.6 Å². The summed E-state index contributed by atoms with van der Waals surface area (Å²) in [6, 6.07) is 0. The first-order valence-electron chi connectivity index (χ1n) is 10.2. The molecule has 4 heteroatoms. The highest BCUT2D eigenvalue weighted by Gasteiger charge is 2.15. The third-order valence-electron chi connectivity index (χ3n) is 4.58. The minimum atomic E-state index is -0.741. The molecule has 0 saturated heterocycles. The molecule has 0 aliphatic carbocycles. The number of hydrogen-bond acceptors (Lipinski definition) is 4. The number of unbranched alkanes of at least 4 members (excludes halogenated alkanes) is 10. The van der Waals surface area contributed by atoms with Crippen molar-refractivity contribution in [2.75, 3.05) is 7.11 Å². The highest BCUT2D eigenvalue weighted by atomic mass is 32.1. The summed E-state index contributed by atoms with van der Waals surface area (Å²) in [5.74, 6) is 0. The van der Waals surface area contributed by atoms with Crippen LogP contribution in [0.25, 0.3) is 0 Å². The Balaban J connectivity index is 3.43. The van der Waals surface area contributed by atoms with E-state index >= 15 is 0 Å². The van der Waals surface area contributed by atoms with E-state index in [9.17, 15) is 10.2 Å². The van der Waals surface area contributed by atoms with Crippen molar-refractivity contribution in [3.63, 3.8) is 0 Å². The summed E-state index contributed by atoms with van der Waals surface area (Å²) in [7, 11) is 1.53. The molecule has 0 fully saturated rings. The quantitative estimate of drug-likeness (QED) is 0.195. The van der Waals surface area contributed by atoms with Gasteiger partial charge in [-0.3, -0.25) is 0 Å². The summed E-state index contributed by atoms with van der Waals surface area (Å²) in [5, 5.41) is 20.2. The number of methoxy groups -OCH3 is 1. The molecule has 0 amide bonds. The SMILES string of the molecule is CCCCCCCCCCCCC=CCC(O)C(O)CCC(=S)OC. The van der Waals surface area contributed by atoms with Gasteiger partial charge in [-0.2, -0.15) is 0 Å². The second-order valence-corrected chi connectivity index (χ2v) is 7.38. The summed E-state index contributed by atoms with van der Waals surface area (Å²) in [4.78, 5) is 0. The number of ether oxygens (including phenoxy) is 1. The average Bonchev–Trinajstić information content (AvgIpc) is 2.62. The van der Waals surface area contributed by atoms with Gasteiger partial charge >= 0.3 is 0 Å². The molecule has 0 aromatic rings. The van der Waals surface area contributed by atoms with Crippen LogP contribution in [0.2, 0.25) is 0 Å². The van der Waals surface area contributed by atoms with Gasteiger partial charge in [0.15, 0.2) is 5.05 Å². The van der Waals surface area contributed by atoms with Crippen LogP contribution in [0.1, 0.15) is 96.8 Å². The van der Waals surface area contributed by atoms with Crippen LogP contribution in [0, 0.1) is 0 Å². The third-order valence-corrected chi connectivity index (χ3v) is 4.96. The molecule has 0 aromatic carbocycles. The van der Waals surface area contributed by atoms with Gasteiger partial charge in [-0.25, -0.2) is 0 Å². The van der Waals surface area contributed by atoms with Crippen LogP contribution in [0.5, 0.6) is 0 Å². The highest BCUT2D eigenvalue weighted by molar-refractivity contribution is 7.80. The van der Waals surface area contributed by atoms with Gasteiger partial charge < -0.3 is 14.9 Å². The van der Waals surface area contributed by atoms with Crippen LogP contribution >= 0.6 is 12.2 Å². The van der Waals surface area contributed by atoms with Gasteiger partial charge in [-0.1, -0.05) is 76.9 Å². The second-order valence-electron chi connectivity index (χ2n) is 6.93. The molecule has 2 atom stereocenters. The average molecular weight is 373 g/mol. The van der Waals surface area contributed by atoms with E-state index in [-0.39, 0.29) is 0 Å². The number of aliphatic hydroxyl groups excluding tert-OH is 2. The van der Waals surface area contributed by atoms with Gasteiger partial charge in [-0.05, 0) is 37.9 Å². The smallest absolute Gasteiger partial charge is 0.159 e. The fraction of sp³-hybridized carbons (Fsp3) is 0.857. The molecule has 0 aliphatic rings. The monoisotopic (exact) mass is 372 g/mol. The number of hydrogen-bond donors (Lipinski definition) is 2. The van der Waals surface area contributed by atoms with Gasteiger partial charge in [-0.15, -0.1) is 0 Å². The molecule has 148 valence electrons. The van der Waals surface area contributed by atoms with E-state index in [1.54, 1.807) is 0 Å². The maximum atomic E-state index is 9.90. The zero-order chi connectivity index (χ0) is 18.8. The van der Waals surface area contributed by atoms with Gasteiger partial charge in [0.05, 0.1) is 19.3 Å². The van der Waals surface area contributed by atoms with Crippen molar-refractivity contribution in [1.29, 1.82) is 0 Å². The first kappa shape index (κ1) is 24.6. The summed E-state index contributed by atoms with van der Waals surface area (Å²) in [6.07, 6.45) is 18.7. The summed E-state index contributed by atoms with van der Waals surface area (Å²) in [5.41, 5.74) is 0. The Hall–Kier alpha value is -0.450. The Kier molecular flexibility index (Phi) is 18.0. The van der Waals surface area contributed by atoms with Crippen molar-refractivity contribution in [3.05, 3.63) is 12.2 Å². The minimum absolute atomic E-state index is 0.445. The third kappa shape index (κ3) is 16.8. The van der Waals surface area contributed by atoms with Gasteiger partial charge in [0.2, 0.25) is 0 Å². The number of rotatable bonds is 17. The molecule has 0 bridgehead atoms. The molecule has 2 N–H and O–H groups in total. The van der Waals surface area contributed by atoms with Crippen molar-refractivity contribution in [3.8, 4) is 0 Å². The molecule has 0 radical (unpaired) electrons. The Morgan fingerprint density at radius 3 is 2.00 bits per heavy atom. The number of allylic oxidation sites excluding steroid dienone is 1. The fourth-order valence-corrected chi connectivity index (χ4v) is 2.94. The zero-order valence-electron chi connectivity index (χ0n) is 16.4. The molecule has 0 spiro atoms. The minimum Gasteiger partial charge on any atom is -0.490 e. The Bertz CT molecular complexity index is 331. The van der Waals surface area contributed by atoms with E-state index in [0.29, 0.717) is 24.3 Å². The molecular weight excluding hydrogens is 332 g/mol. The maximum Gasteiger partial charge on any atom is 0.159 e. The normalized spacial score (nSPS) is 13.9. The van der Waals surface area contributed by atoms with Gasteiger partial charge in [0.25, 0.3) is 0 Å². The maximum absolute atomic E-state index is 9.90.